The first-order chi connectivity index (χ1) is 27.6. The van der Waals surface area contributed by atoms with Crippen LogP contribution in [0.1, 0.15) is 53.9 Å². The maximum atomic E-state index is 15.4. The van der Waals surface area contributed by atoms with Gasteiger partial charge in [0.05, 0.1) is 28.8 Å². The van der Waals surface area contributed by atoms with Gasteiger partial charge in [0.15, 0.2) is 23.1 Å². The first kappa shape index (κ1) is 37.9. The number of phenolic OH excluding ortho intramolecular Hbond substituents is 1. The number of hydrogen-bond acceptors (Lipinski definition) is 7. The number of allylic oxidation sites excluding steroid dienone is 4. The Morgan fingerprint density at radius 1 is 0.825 bits per heavy atom. The van der Waals surface area contributed by atoms with E-state index in [-0.39, 0.29) is 47.3 Å². The molecule has 3 aliphatic carbocycles. The van der Waals surface area contributed by atoms with Crippen LogP contribution < -0.4 is 4.74 Å². The van der Waals surface area contributed by atoms with Gasteiger partial charge in [-0.05, 0) is 97.9 Å². The molecule has 10 heteroatoms. The largest absolute Gasteiger partial charge is 0.503 e. The highest BCUT2D eigenvalue weighted by Crippen LogP contribution is 2.65. The number of rotatable bonds is 7. The van der Waals surface area contributed by atoms with E-state index in [9.17, 15) is 14.7 Å². The number of Topliss-reactive ketones (excluding diaryl/α,β-unsaturated/α-hetero) is 1. The van der Waals surface area contributed by atoms with E-state index in [0.29, 0.717) is 50.5 Å². The number of ketones is 2. The fourth-order valence-electron chi connectivity index (χ4n) is 10.8. The Labute approximate surface area is 348 Å². The van der Waals surface area contributed by atoms with Crippen molar-refractivity contribution in [3.05, 3.63) is 146 Å². The molecule has 6 atom stereocenters. The molecule has 4 aromatic carbocycles. The van der Waals surface area contributed by atoms with Crippen molar-refractivity contribution >= 4 is 60.8 Å². The van der Waals surface area contributed by atoms with Gasteiger partial charge in [-0.1, -0.05) is 103 Å². The fourth-order valence-corrected chi connectivity index (χ4v) is 11.7. The molecular formula is C47H42Br2N2O6. The van der Waals surface area contributed by atoms with E-state index < -0.39 is 35.0 Å². The van der Waals surface area contributed by atoms with Crippen LogP contribution in [0.2, 0.25) is 0 Å². The maximum Gasteiger partial charge on any atom is 0.233 e. The SMILES string of the molecule is COc1cc(C2C3=CCC4C(=O)N(C5CCN(Cc6ccccc6)CC5)C(=O)C4C3CC3C(=O)C(c4ccccc4)=CC(=O)C32c2ccccc2)c(Br)c(Br)c1O. The molecule has 2 aliphatic heterocycles. The Hall–Kier alpha value is -4.64. The van der Waals surface area contributed by atoms with Crippen LogP contribution in [-0.2, 0) is 31.1 Å². The minimum Gasteiger partial charge on any atom is -0.503 e. The van der Waals surface area contributed by atoms with Crippen LogP contribution in [-0.4, -0.2) is 64.5 Å². The first-order valence-electron chi connectivity index (χ1n) is 19.6. The molecule has 4 aromatic rings. The molecule has 6 unspecified atom stereocenters. The number of ether oxygens (including phenoxy) is 1. The summed E-state index contributed by atoms with van der Waals surface area (Å²) in [4.78, 5) is 64.1. The third-order valence-corrected chi connectivity index (χ3v) is 15.4. The Morgan fingerprint density at radius 2 is 1.47 bits per heavy atom. The zero-order chi connectivity index (χ0) is 39.6. The highest BCUT2D eigenvalue weighted by atomic mass is 79.9. The second-order valence-corrected chi connectivity index (χ2v) is 17.6. The van der Waals surface area contributed by atoms with Gasteiger partial charge < -0.3 is 9.84 Å². The number of phenols is 1. The molecule has 290 valence electrons. The number of piperidine rings is 1. The molecule has 1 saturated carbocycles. The number of carbonyl (C=O) groups is 4. The van der Waals surface area contributed by atoms with Gasteiger partial charge in [0, 0.05) is 47.6 Å². The summed E-state index contributed by atoms with van der Waals surface area (Å²) in [7, 11) is 1.47. The normalized spacial score (nSPS) is 27.7. The number of nitrogens with zero attached hydrogens (tertiary/aromatic N) is 2. The molecule has 5 aliphatic rings. The van der Waals surface area contributed by atoms with Gasteiger partial charge in [-0.25, -0.2) is 0 Å². The van der Waals surface area contributed by atoms with E-state index in [2.05, 4.69) is 55.0 Å². The lowest BCUT2D eigenvalue weighted by atomic mass is 9.44. The molecule has 0 radical (unpaired) electrons. The molecule has 0 aromatic heterocycles. The topological polar surface area (TPSA) is 104 Å². The van der Waals surface area contributed by atoms with Crippen LogP contribution in [0.15, 0.2) is 124 Å². The summed E-state index contributed by atoms with van der Waals surface area (Å²) in [6, 6.07) is 30.6. The highest BCUT2D eigenvalue weighted by Gasteiger charge is 2.66. The number of fused-ring (bicyclic) bond motifs is 4. The summed E-state index contributed by atoms with van der Waals surface area (Å²) in [5.41, 5.74) is 3.01. The zero-order valence-electron chi connectivity index (χ0n) is 31.4. The highest BCUT2D eigenvalue weighted by molar-refractivity contribution is 9.13. The lowest BCUT2D eigenvalue weighted by Gasteiger charge is -2.55. The number of carbonyl (C=O) groups excluding carboxylic acids is 4. The van der Waals surface area contributed by atoms with Crippen LogP contribution in [0.25, 0.3) is 5.57 Å². The molecule has 3 fully saturated rings. The molecular weight excluding hydrogens is 848 g/mol. The van der Waals surface area contributed by atoms with Gasteiger partial charge >= 0.3 is 0 Å². The zero-order valence-corrected chi connectivity index (χ0v) is 34.6. The van der Waals surface area contributed by atoms with Gasteiger partial charge in [-0.15, -0.1) is 0 Å². The molecule has 8 nitrogen and oxygen atoms in total. The summed E-state index contributed by atoms with van der Waals surface area (Å²) in [5, 5.41) is 11.1. The molecule has 2 heterocycles. The Kier molecular flexibility index (Phi) is 9.94. The van der Waals surface area contributed by atoms with Crippen molar-refractivity contribution in [2.45, 2.75) is 49.6 Å². The predicted molar refractivity (Wildman–Crippen MR) is 223 cm³/mol. The average molecular weight is 891 g/mol. The van der Waals surface area contributed by atoms with Crippen molar-refractivity contribution in [3.8, 4) is 11.5 Å². The van der Waals surface area contributed by atoms with E-state index in [1.807, 2.05) is 78.9 Å². The van der Waals surface area contributed by atoms with Gasteiger partial charge in [0.1, 0.15) is 0 Å². The minimum absolute atomic E-state index is 0.109. The van der Waals surface area contributed by atoms with E-state index in [1.165, 1.54) is 18.7 Å². The number of hydrogen-bond donors (Lipinski definition) is 1. The monoisotopic (exact) mass is 888 g/mol. The molecule has 0 spiro atoms. The van der Waals surface area contributed by atoms with Crippen molar-refractivity contribution in [1.29, 1.82) is 0 Å². The Bertz CT molecular complexity index is 2340. The number of likely N-dealkylation sites (tertiary alicyclic amines) is 2. The number of amides is 2. The van der Waals surface area contributed by atoms with Gasteiger partial charge in [0.2, 0.25) is 11.8 Å². The van der Waals surface area contributed by atoms with E-state index in [1.54, 1.807) is 11.0 Å². The lowest BCUT2D eigenvalue weighted by molar-refractivity contribution is -0.144. The second-order valence-electron chi connectivity index (χ2n) is 16.0. The summed E-state index contributed by atoms with van der Waals surface area (Å²) in [6.45, 7) is 2.38. The smallest absolute Gasteiger partial charge is 0.233 e. The first-order valence-corrected chi connectivity index (χ1v) is 21.2. The Morgan fingerprint density at radius 3 is 2.14 bits per heavy atom. The molecule has 9 rings (SSSR count). The van der Waals surface area contributed by atoms with Crippen LogP contribution in [0.4, 0.5) is 0 Å². The standard InChI is InChI=1S/C47H42Br2N2O6/c1-57-37-24-35(41(48)42(49)44(37)54)40-31-17-18-32-39(46(56)51(45(32)55)30-19-21-50(22-20-30)26-27-11-5-2-6-12-27)34(31)23-36-43(53)33(28-13-7-3-8-14-28)25-38(52)47(36,40)29-15-9-4-10-16-29/h2-17,24-25,30,32,34,36,39-40,54H,18-23,26H2,1H3. The predicted octanol–water partition coefficient (Wildman–Crippen LogP) is 8.41. The van der Waals surface area contributed by atoms with Gasteiger partial charge in [0.25, 0.3) is 0 Å². The second kappa shape index (κ2) is 14.9. The van der Waals surface area contributed by atoms with Gasteiger partial charge in [-0.2, -0.15) is 0 Å². The Balaban J connectivity index is 1.16. The minimum atomic E-state index is -1.41. The third kappa shape index (κ3) is 6.00. The van der Waals surface area contributed by atoms with E-state index in [4.69, 9.17) is 4.74 Å². The van der Waals surface area contributed by atoms with Crippen LogP contribution in [0, 0.1) is 23.7 Å². The lowest BCUT2D eigenvalue weighted by Crippen LogP contribution is -2.59. The van der Waals surface area contributed by atoms with Crippen molar-refractivity contribution in [3.63, 3.8) is 0 Å². The molecule has 1 N–H and O–H groups in total. The van der Waals surface area contributed by atoms with Crippen molar-refractivity contribution in [1.82, 2.24) is 9.80 Å². The third-order valence-electron chi connectivity index (χ3n) is 13.3. The van der Waals surface area contributed by atoms with E-state index in [0.717, 1.165) is 25.2 Å². The summed E-state index contributed by atoms with van der Waals surface area (Å²) < 4.78 is 6.54. The van der Waals surface area contributed by atoms with Crippen LogP contribution in [0.3, 0.4) is 0 Å². The quantitative estimate of drug-likeness (QED) is 0.147. The number of halogens is 2. The number of methoxy groups -OCH3 is 1. The molecule has 0 bridgehead atoms. The summed E-state index contributed by atoms with van der Waals surface area (Å²) >= 11 is 7.35. The fraction of sp³-hybridized carbons (Fsp3) is 0.319. The number of imide groups is 1. The molecule has 2 amide bonds. The average Bonchev–Trinajstić information content (AvgIpc) is 3.50. The van der Waals surface area contributed by atoms with E-state index >= 15 is 9.59 Å². The molecule has 57 heavy (non-hydrogen) atoms. The number of benzene rings is 4. The van der Waals surface area contributed by atoms with Crippen molar-refractivity contribution < 1.29 is 29.0 Å². The van der Waals surface area contributed by atoms with Crippen molar-refractivity contribution in [2.24, 2.45) is 23.7 Å². The maximum absolute atomic E-state index is 15.4. The molecule has 2 saturated heterocycles. The van der Waals surface area contributed by atoms with Crippen molar-refractivity contribution in [2.75, 3.05) is 20.2 Å². The summed E-state index contributed by atoms with van der Waals surface area (Å²) in [6.07, 6.45) is 5.55. The van der Waals surface area contributed by atoms with Crippen LogP contribution >= 0.6 is 31.9 Å². The van der Waals surface area contributed by atoms with Crippen LogP contribution in [0.5, 0.6) is 11.5 Å². The summed E-state index contributed by atoms with van der Waals surface area (Å²) in [5.74, 6) is -3.95. The number of aromatic hydroxyl groups is 1. The van der Waals surface area contributed by atoms with Gasteiger partial charge in [-0.3, -0.25) is 29.0 Å².